The molecule has 4 heterocycles. The molecule has 1 fully saturated rings. The van der Waals surface area contributed by atoms with Crippen molar-refractivity contribution in [2.24, 2.45) is 0 Å². The summed E-state index contributed by atoms with van der Waals surface area (Å²) in [4.78, 5) is 1.29. The van der Waals surface area contributed by atoms with E-state index in [0.717, 1.165) is 53.9 Å². The lowest BCUT2D eigenvalue weighted by Gasteiger charge is -2.43. The molecule has 1 N–H and O–H groups in total. The van der Waals surface area contributed by atoms with E-state index in [1.165, 1.54) is 10.4 Å². The number of methoxy groups -OCH3 is 1. The van der Waals surface area contributed by atoms with Crippen molar-refractivity contribution in [3.63, 3.8) is 0 Å². The number of halogens is 1. The molecule has 1 spiro atoms. The normalized spacial score (nSPS) is 24.3. The van der Waals surface area contributed by atoms with E-state index < -0.39 is 0 Å². The number of nitrogens with zero attached hydrogens (tertiary/aromatic N) is 3. The third-order valence-electron chi connectivity index (χ3n) is 5.60. The van der Waals surface area contributed by atoms with Crippen LogP contribution in [0, 0.1) is 0 Å². The lowest BCUT2D eigenvalue weighted by Crippen LogP contribution is -2.45. The lowest BCUT2D eigenvalue weighted by molar-refractivity contribution is -0.0871. The van der Waals surface area contributed by atoms with Gasteiger partial charge >= 0.3 is 0 Å². The zero-order valence-corrected chi connectivity index (χ0v) is 17.1. The van der Waals surface area contributed by atoms with E-state index in [-0.39, 0.29) is 11.6 Å². The van der Waals surface area contributed by atoms with Crippen LogP contribution in [0.25, 0.3) is 5.69 Å². The molecule has 146 valence electrons. The second-order valence-electron chi connectivity index (χ2n) is 7.24. The molecule has 2 aromatic heterocycles. The van der Waals surface area contributed by atoms with E-state index in [1.807, 2.05) is 30.5 Å². The van der Waals surface area contributed by atoms with Gasteiger partial charge in [-0.25, -0.2) is 4.68 Å². The number of piperidine rings is 1. The molecule has 2 aliphatic heterocycles. The smallest absolute Gasteiger partial charge is 0.119 e. The van der Waals surface area contributed by atoms with Crippen molar-refractivity contribution < 1.29 is 9.47 Å². The van der Waals surface area contributed by atoms with Gasteiger partial charge in [0.05, 0.1) is 36.0 Å². The summed E-state index contributed by atoms with van der Waals surface area (Å²) in [6, 6.07) is 9.97. The number of ether oxygens (including phenoxy) is 2. The molecular formula is C20H21ClN4O2S. The number of nitrogens with one attached hydrogen (secondary N) is 1. The van der Waals surface area contributed by atoms with Crippen molar-refractivity contribution in [1.29, 1.82) is 0 Å². The molecule has 1 aromatic carbocycles. The van der Waals surface area contributed by atoms with Crippen LogP contribution < -0.4 is 10.1 Å². The Hall–Kier alpha value is -1.93. The van der Waals surface area contributed by atoms with Crippen molar-refractivity contribution in [3.05, 3.63) is 57.0 Å². The summed E-state index contributed by atoms with van der Waals surface area (Å²) in [6.07, 6.45) is 4.70. The molecular weight excluding hydrogens is 396 g/mol. The van der Waals surface area contributed by atoms with Gasteiger partial charge in [0.2, 0.25) is 0 Å². The number of hydrogen-bond donors (Lipinski definition) is 1. The highest BCUT2D eigenvalue weighted by atomic mass is 35.5. The molecule has 2 atom stereocenters. The molecule has 3 aromatic rings. The van der Waals surface area contributed by atoms with E-state index in [1.54, 1.807) is 23.1 Å². The number of hydrogen-bond acceptors (Lipinski definition) is 6. The Morgan fingerprint density at radius 1 is 1.36 bits per heavy atom. The Morgan fingerprint density at radius 3 is 3.04 bits per heavy atom. The average molecular weight is 417 g/mol. The van der Waals surface area contributed by atoms with Crippen LogP contribution in [0.15, 0.2) is 36.5 Å². The zero-order valence-electron chi connectivity index (χ0n) is 15.5. The molecule has 8 heteroatoms. The standard InChI is InChI=1S/C20H21ClN4O2S/c1-26-15-4-2-14(3-5-15)25-12-17(23-24-25)16-11-20(7-8-22-16)19-13(6-9-27-20)10-18(21)28-19/h2-5,10,12,16,22H,6-9,11H2,1H3/t16-,20-/m0/s1. The predicted molar refractivity (Wildman–Crippen MR) is 109 cm³/mol. The third kappa shape index (κ3) is 3.12. The van der Waals surface area contributed by atoms with Crippen LogP contribution in [0.1, 0.15) is 35.0 Å². The van der Waals surface area contributed by atoms with Gasteiger partial charge in [-0.1, -0.05) is 16.8 Å². The molecule has 2 aliphatic rings. The van der Waals surface area contributed by atoms with Crippen molar-refractivity contribution in [2.45, 2.75) is 30.9 Å². The maximum absolute atomic E-state index is 6.36. The number of rotatable bonds is 3. The van der Waals surface area contributed by atoms with Gasteiger partial charge < -0.3 is 14.8 Å². The Kier molecular flexibility index (Phi) is 4.63. The van der Waals surface area contributed by atoms with Crippen molar-refractivity contribution in [2.75, 3.05) is 20.3 Å². The second kappa shape index (κ2) is 7.15. The van der Waals surface area contributed by atoms with Crippen LogP contribution >= 0.6 is 22.9 Å². The second-order valence-corrected chi connectivity index (χ2v) is 8.93. The fourth-order valence-corrected chi connectivity index (χ4v) is 5.67. The van der Waals surface area contributed by atoms with Gasteiger partial charge in [-0.2, -0.15) is 0 Å². The quantitative estimate of drug-likeness (QED) is 0.702. The van der Waals surface area contributed by atoms with Crippen LogP contribution in [-0.4, -0.2) is 35.3 Å². The fraction of sp³-hybridized carbons (Fsp3) is 0.400. The molecule has 6 nitrogen and oxygen atoms in total. The molecule has 0 radical (unpaired) electrons. The number of thiophene rings is 1. The third-order valence-corrected chi connectivity index (χ3v) is 7.09. The predicted octanol–water partition coefficient (Wildman–Crippen LogP) is 3.88. The summed E-state index contributed by atoms with van der Waals surface area (Å²) in [5.74, 6) is 0.819. The van der Waals surface area contributed by atoms with Crippen LogP contribution in [0.2, 0.25) is 4.34 Å². The molecule has 28 heavy (non-hydrogen) atoms. The minimum atomic E-state index is -0.273. The summed E-state index contributed by atoms with van der Waals surface area (Å²) >= 11 is 7.97. The van der Waals surface area contributed by atoms with Gasteiger partial charge in [-0.3, -0.25) is 0 Å². The van der Waals surface area contributed by atoms with Crippen LogP contribution in [0.5, 0.6) is 5.75 Å². The van der Waals surface area contributed by atoms with E-state index in [4.69, 9.17) is 21.1 Å². The van der Waals surface area contributed by atoms with E-state index in [2.05, 4.69) is 21.7 Å². The molecule has 0 bridgehead atoms. The van der Waals surface area contributed by atoms with Crippen LogP contribution in [0.3, 0.4) is 0 Å². The molecule has 0 aliphatic carbocycles. The van der Waals surface area contributed by atoms with Gasteiger partial charge in [0.1, 0.15) is 17.0 Å². The highest BCUT2D eigenvalue weighted by Gasteiger charge is 2.44. The summed E-state index contributed by atoms with van der Waals surface area (Å²) in [5.41, 5.74) is 2.94. The van der Waals surface area contributed by atoms with Crippen molar-refractivity contribution >= 4 is 22.9 Å². The first kappa shape index (κ1) is 18.1. The Morgan fingerprint density at radius 2 is 2.21 bits per heavy atom. The molecule has 0 amide bonds. The summed E-state index contributed by atoms with van der Waals surface area (Å²) in [7, 11) is 1.66. The van der Waals surface area contributed by atoms with E-state index in [9.17, 15) is 0 Å². The molecule has 5 rings (SSSR count). The summed E-state index contributed by atoms with van der Waals surface area (Å²) < 4.78 is 14.2. The lowest BCUT2D eigenvalue weighted by atomic mass is 9.82. The van der Waals surface area contributed by atoms with E-state index in [0.29, 0.717) is 0 Å². The first-order valence-corrected chi connectivity index (χ1v) is 10.6. The highest BCUT2D eigenvalue weighted by Crippen LogP contribution is 2.48. The number of benzene rings is 1. The topological polar surface area (TPSA) is 61.2 Å². The first-order valence-electron chi connectivity index (χ1n) is 9.40. The SMILES string of the molecule is COc1ccc(-n2cc([C@@H]3C[C@]4(CCN3)OCCc3cc(Cl)sc34)nn2)cc1. The van der Waals surface area contributed by atoms with Gasteiger partial charge in [0.25, 0.3) is 0 Å². The maximum Gasteiger partial charge on any atom is 0.119 e. The van der Waals surface area contributed by atoms with Crippen LogP contribution in [-0.2, 0) is 16.8 Å². The van der Waals surface area contributed by atoms with Crippen molar-refractivity contribution in [1.82, 2.24) is 20.3 Å². The Labute approximate surface area is 172 Å². The monoisotopic (exact) mass is 416 g/mol. The van der Waals surface area contributed by atoms with Crippen molar-refractivity contribution in [3.8, 4) is 11.4 Å². The molecule has 1 saturated heterocycles. The zero-order chi connectivity index (χ0) is 19.1. The first-order chi connectivity index (χ1) is 13.7. The Balaban J connectivity index is 1.41. The fourth-order valence-electron chi connectivity index (χ4n) is 4.18. The van der Waals surface area contributed by atoms with Gasteiger partial charge in [-0.15, -0.1) is 16.4 Å². The highest BCUT2D eigenvalue weighted by molar-refractivity contribution is 7.16. The van der Waals surface area contributed by atoms with Gasteiger partial charge in [0, 0.05) is 11.3 Å². The maximum atomic E-state index is 6.36. The molecule has 0 unspecified atom stereocenters. The largest absolute Gasteiger partial charge is 0.497 e. The van der Waals surface area contributed by atoms with Gasteiger partial charge in [-0.05, 0) is 55.3 Å². The minimum Gasteiger partial charge on any atom is -0.497 e. The summed E-state index contributed by atoms with van der Waals surface area (Å²) in [6.45, 7) is 1.61. The molecule has 0 saturated carbocycles. The number of fused-ring (bicyclic) bond motifs is 2. The summed E-state index contributed by atoms with van der Waals surface area (Å²) in [5, 5.41) is 12.3. The Bertz CT molecular complexity index is 987. The number of aromatic nitrogens is 3. The minimum absolute atomic E-state index is 0.0903. The van der Waals surface area contributed by atoms with Crippen LogP contribution in [0.4, 0.5) is 0 Å². The van der Waals surface area contributed by atoms with E-state index >= 15 is 0 Å². The average Bonchev–Trinajstić information content (AvgIpc) is 3.36. The van der Waals surface area contributed by atoms with Gasteiger partial charge in [0.15, 0.2) is 0 Å².